The molecule has 21 heavy (non-hydrogen) atoms. The van der Waals surface area contributed by atoms with Crippen LogP contribution in [0, 0.1) is 0 Å². The second kappa shape index (κ2) is 7.48. The largest absolute Gasteiger partial charge is 0.399 e. The fourth-order valence-corrected chi connectivity index (χ4v) is 2.42. The summed E-state index contributed by atoms with van der Waals surface area (Å²) in [6.45, 7) is 2.13. The zero-order valence-electron chi connectivity index (χ0n) is 12.4. The molecule has 2 rings (SSSR count). The number of amides is 1. The third kappa shape index (κ3) is 4.63. The maximum Gasteiger partial charge on any atom is 0.251 e. The van der Waals surface area contributed by atoms with Gasteiger partial charge in [-0.1, -0.05) is 49.7 Å². The number of nitrogens with one attached hydrogen (secondary N) is 1. The molecule has 110 valence electrons. The molecule has 2 aromatic carbocycles. The molecular formula is C18H22N2O. The molecule has 0 aliphatic rings. The number of carbonyl (C=O) groups is 1. The number of hydrogen-bond acceptors (Lipinski definition) is 2. The van der Waals surface area contributed by atoms with E-state index < -0.39 is 0 Å². The van der Waals surface area contributed by atoms with Crippen molar-refractivity contribution in [2.45, 2.75) is 32.2 Å². The predicted octanol–water partition coefficient (Wildman–Crippen LogP) is 3.41. The van der Waals surface area contributed by atoms with Crippen molar-refractivity contribution in [1.29, 1.82) is 0 Å². The van der Waals surface area contributed by atoms with Gasteiger partial charge in [0, 0.05) is 17.3 Å². The van der Waals surface area contributed by atoms with Crippen molar-refractivity contribution >= 4 is 11.6 Å². The number of benzene rings is 2. The standard InChI is InChI=1S/C18H22N2O/c1-2-7-17(12-14-8-4-3-5-9-14)20-18(21)15-10-6-11-16(19)13-15/h3-6,8-11,13,17H,2,7,12,19H2,1H3,(H,20,21). The molecule has 3 heteroatoms. The van der Waals surface area contributed by atoms with Crippen LogP contribution in [-0.2, 0) is 6.42 Å². The highest BCUT2D eigenvalue weighted by molar-refractivity contribution is 5.95. The minimum absolute atomic E-state index is 0.0586. The average molecular weight is 282 g/mol. The smallest absolute Gasteiger partial charge is 0.251 e. The molecule has 0 spiro atoms. The molecule has 0 heterocycles. The van der Waals surface area contributed by atoms with Gasteiger partial charge in [0.2, 0.25) is 0 Å². The van der Waals surface area contributed by atoms with E-state index >= 15 is 0 Å². The monoisotopic (exact) mass is 282 g/mol. The number of hydrogen-bond donors (Lipinski definition) is 2. The first-order valence-corrected chi connectivity index (χ1v) is 7.39. The zero-order valence-corrected chi connectivity index (χ0v) is 12.4. The van der Waals surface area contributed by atoms with Crippen LogP contribution in [0.1, 0.15) is 35.7 Å². The topological polar surface area (TPSA) is 55.1 Å². The lowest BCUT2D eigenvalue weighted by Crippen LogP contribution is -2.36. The second-order valence-electron chi connectivity index (χ2n) is 5.27. The minimum atomic E-state index is -0.0586. The quantitative estimate of drug-likeness (QED) is 0.798. The van der Waals surface area contributed by atoms with E-state index in [4.69, 9.17) is 5.73 Å². The van der Waals surface area contributed by atoms with Gasteiger partial charge in [-0.15, -0.1) is 0 Å². The van der Waals surface area contributed by atoms with E-state index in [1.165, 1.54) is 5.56 Å². The van der Waals surface area contributed by atoms with E-state index in [0.717, 1.165) is 19.3 Å². The Kier molecular flexibility index (Phi) is 5.38. The fourth-order valence-electron chi connectivity index (χ4n) is 2.42. The SMILES string of the molecule is CCCC(Cc1ccccc1)NC(=O)c1cccc(N)c1. The molecule has 0 bridgehead atoms. The van der Waals surface area contributed by atoms with Crippen molar-refractivity contribution in [2.75, 3.05) is 5.73 Å². The molecule has 0 aromatic heterocycles. The van der Waals surface area contributed by atoms with Crippen molar-refractivity contribution in [3.05, 3.63) is 65.7 Å². The van der Waals surface area contributed by atoms with E-state index in [1.807, 2.05) is 18.2 Å². The van der Waals surface area contributed by atoms with Gasteiger partial charge in [-0.25, -0.2) is 0 Å². The van der Waals surface area contributed by atoms with E-state index in [9.17, 15) is 4.79 Å². The molecule has 2 aromatic rings. The summed E-state index contributed by atoms with van der Waals surface area (Å²) in [7, 11) is 0. The van der Waals surface area contributed by atoms with E-state index in [1.54, 1.807) is 24.3 Å². The fraction of sp³-hybridized carbons (Fsp3) is 0.278. The minimum Gasteiger partial charge on any atom is -0.399 e. The van der Waals surface area contributed by atoms with Crippen LogP contribution in [0.5, 0.6) is 0 Å². The zero-order chi connectivity index (χ0) is 15.1. The average Bonchev–Trinajstić information content (AvgIpc) is 2.48. The van der Waals surface area contributed by atoms with Gasteiger partial charge in [-0.3, -0.25) is 4.79 Å². The third-order valence-electron chi connectivity index (χ3n) is 3.45. The highest BCUT2D eigenvalue weighted by Crippen LogP contribution is 2.10. The number of anilines is 1. The summed E-state index contributed by atoms with van der Waals surface area (Å²) in [5.41, 5.74) is 8.19. The molecule has 0 saturated heterocycles. The Morgan fingerprint density at radius 3 is 2.57 bits per heavy atom. The molecule has 0 radical (unpaired) electrons. The summed E-state index contributed by atoms with van der Waals surface area (Å²) in [5, 5.41) is 3.12. The summed E-state index contributed by atoms with van der Waals surface area (Å²) in [6.07, 6.45) is 2.85. The highest BCUT2D eigenvalue weighted by Gasteiger charge is 2.13. The Morgan fingerprint density at radius 1 is 1.14 bits per heavy atom. The number of nitrogen functional groups attached to an aromatic ring is 1. The van der Waals surface area contributed by atoms with Gasteiger partial charge < -0.3 is 11.1 Å². The molecule has 0 saturated carbocycles. The summed E-state index contributed by atoms with van der Waals surface area (Å²) in [5.74, 6) is -0.0586. The van der Waals surface area contributed by atoms with Gasteiger partial charge in [0.15, 0.2) is 0 Å². The van der Waals surface area contributed by atoms with Crippen LogP contribution in [0.15, 0.2) is 54.6 Å². The van der Waals surface area contributed by atoms with Crippen molar-refractivity contribution < 1.29 is 4.79 Å². The van der Waals surface area contributed by atoms with E-state index in [0.29, 0.717) is 11.3 Å². The Morgan fingerprint density at radius 2 is 1.90 bits per heavy atom. The summed E-state index contributed by atoms with van der Waals surface area (Å²) in [4.78, 5) is 12.3. The Labute approximate surface area is 126 Å². The maximum absolute atomic E-state index is 12.3. The Bertz CT molecular complexity index is 581. The first kappa shape index (κ1) is 15.1. The Hall–Kier alpha value is -2.29. The molecular weight excluding hydrogens is 260 g/mol. The molecule has 0 aliphatic carbocycles. The van der Waals surface area contributed by atoms with Crippen molar-refractivity contribution in [2.24, 2.45) is 0 Å². The van der Waals surface area contributed by atoms with Gasteiger partial charge >= 0.3 is 0 Å². The molecule has 0 aliphatic heterocycles. The highest BCUT2D eigenvalue weighted by atomic mass is 16.1. The van der Waals surface area contributed by atoms with Crippen LogP contribution >= 0.6 is 0 Å². The van der Waals surface area contributed by atoms with Crippen LogP contribution < -0.4 is 11.1 Å². The van der Waals surface area contributed by atoms with Gasteiger partial charge in [0.05, 0.1) is 0 Å². The lowest BCUT2D eigenvalue weighted by molar-refractivity contribution is 0.0935. The van der Waals surface area contributed by atoms with Gasteiger partial charge in [0.25, 0.3) is 5.91 Å². The molecule has 1 amide bonds. The van der Waals surface area contributed by atoms with Crippen molar-refractivity contribution in [1.82, 2.24) is 5.32 Å². The van der Waals surface area contributed by atoms with Crippen LogP contribution in [0.2, 0.25) is 0 Å². The lowest BCUT2D eigenvalue weighted by Gasteiger charge is -2.18. The summed E-state index contributed by atoms with van der Waals surface area (Å²) in [6, 6.07) is 17.5. The molecule has 0 fully saturated rings. The predicted molar refractivity (Wildman–Crippen MR) is 87.2 cm³/mol. The second-order valence-corrected chi connectivity index (χ2v) is 5.27. The summed E-state index contributed by atoms with van der Waals surface area (Å²) >= 11 is 0. The maximum atomic E-state index is 12.3. The van der Waals surface area contributed by atoms with E-state index in [2.05, 4.69) is 24.4 Å². The van der Waals surface area contributed by atoms with Crippen LogP contribution in [-0.4, -0.2) is 11.9 Å². The van der Waals surface area contributed by atoms with E-state index in [-0.39, 0.29) is 11.9 Å². The first-order valence-electron chi connectivity index (χ1n) is 7.39. The van der Waals surface area contributed by atoms with Crippen molar-refractivity contribution in [3.8, 4) is 0 Å². The number of rotatable bonds is 6. The Balaban J connectivity index is 2.04. The summed E-state index contributed by atoms with van der Waals surface area (Å²) < 4.78 is 0. The molecule has 3 N–H and O–H groups in total. The van der Waals surface area contributed by atoms with Crippen LogP contribution in [0.25, 0.3) is 0 Å². The van der Waals surface area contributed by atoms with Crippen molar-refractivity contribution in [3.63, 3.8) is 0 Å². The molecule has 1 unspecified atom stereocenters. The molecule has 3 nitrogen and oxygen atoms in total. The molecule has 1 atom stereocenters. The lowest BCUT2D eigenvalue weighted by atomic mass is 10.0. The third-order valence-corrected chi connectivity index (χ3v) is 3.45. The number of nitrogens with two attached hydrogens (primary N) is 1. The first-order chi connectivity index (χ1) is 10.2. The van der Waals surface area contributed by atoms with Crippen LogP contribution in [0.4, 0.5) is 5.69 Å². The number of carbonyl (C=O) groups excluding carboxylic acids is 1. The van der Waals surface area contributed by atoms with Crippen LogP contribution in [0.3, 0.4) is 0 Å². The van der Waals surface area contributed by atoms with Gasteiger partial charge in [-0.05, 0) is 36.6 Å². The van der Waals surface area contributed by atoms with Gasteiger partial charge in [0.1, 0.15) is 0 Å². The normalized spacial score (nSPS) is 11.9. The van der Waals surface area contributed by atoms with Gasteiger partial charge in [-0.2, -0.15) is 0 Å².